The molecule has 0 saturated heterocycles. The molecule has 1 amide bonds. The van der Waals surface area contributed by atoms with Crippen LogP contribution in [0.25, 0.3) is 5.69 Å². The Morgan fingerprint density at radius 2 is 1.82 bits per heavy atom. The van der Waals surface area contributed by atoms with Gasteiger partial charge in [-0.05, 0) is 55.0 Å². The molecular weight excluding hydrogens is 489 g/mol. The van der Waals surface area contributed by atoms with Crippen LogP contribution in [0.15, 0.2) is 66.1 Å². The van der Waals surface area contributed by atoms with E-state index < -0.39 is 17.6 Å². The number of hydrogen-bond acceptors (Lipinski definition) is 6. The van der Waals surface area contributed by atoms with Crippen LogP contribution in [-0.2, 0) is 11.9 Å². The van der Waals surface area contributed by atoms with Crippen LogP contribution in [0.3, 0.4) is 0 Å². The summed E-state index contributed by atoms with van der Waals surface area (Å²) in [6.07, 6.45) is -1.27. The zero-order valence-electron chi connectivity index (χ0n) is 17.5. The van der Waals surface area contributed by atoms with Crippen LogP contribution in [0.2, 0.25) is 5.02 Å². The molecule has 4 rings (SSSR count). The standard InChI is InChI=1S/C22H16ClF3N6OS/c1-13-3-8-16(11-17(13)23)32-18(12-34-21-27-9-2-10-28-21)19(30-31-32)20(33)29-15-6-4-14(5-7-15)22(24,25)26/h2-11H,12H2,1H3,(H,29,33). The van der Waals surface area contributed by atoms with E-state index in [1.54, 1.807) is 30.6 Å². The van der Waals surface area contributed by atoms with E-state index in [0.29, 0.717) is 21.6 Å². The second-order valence-electron chi connectivity index (χ2n) is 7.08. The van der Waals surface area contributed by atoms with Gasteiger partial charge in [-0.25, -0.2) is 14.6 Å². The average molecular weight is 505 g/mol. The summed E-state index contributed by atoms with van der Waals surface area (Å²) >= 11 is 7.54. The molecule has 12 heteroatoms. The Labute approximate surface area is 201 Å². The third-order valence-corrected chi connectivity index (χ3v) is 6.02. The molecule has 0 fully saturated rings. The van der Waals surface area contributed by atoms with Gasteiger partial charge in [0.25, 0.3) is 5.91 Å². The van der Waals surface area contributed by atoms with E-state index in [4.69, 9.17) is 11.6 Å². The van der Waals surface area contributed by atoms with Crippen molar-refractivity contribution in [3.05, 3.63) is 88.5 Å². The van der Waals surface area contributed by atoms with E-state index in [1.165, 1.54) is 28.6 Å². The molecule has 2 aromatic carbocycles. The SMILES string of the molecule is Cc1ccc(-n2nnc(C(=O)Nc3ccc(C(F)(F)F)cc3)c2CSc2ncccn2)cc1Cl. The normalized spacial score (nSPS) is 11.4. The van der Waals surface area contributed by atoms with E-state index in [9.17, 15) is 18.0 Å². The van der Waals surface area contributed by atoms with Crippen LogP contribution in [0.1, 0.15) is 27.3 Å². The summed E-state index contributed by atoms with van der Waals surface area (Å²) in [6, 6.07) is 11.1. The Balaban J connectivity index is 1.64. The average Bonchev–Trinajstić information content (AvgIpc) is 3.24. The minimum atomic E-state index is -4.47. The van der Waals surface area contributed by atoms with Crippen LogP contribution < -0.4 is 5.32 Å². The summed E-state index contributed by atoms with van der Waals surface area (Å²) < 4.78 is 39.9. The number of alkyl halides is 3. The molecule has 0 atom stereocenters. The first kappa shape index (κ1) is 23.7. The minimum absolute atomic E-state index is 0.0139. The fourth-order valence-corrected chi connectivity index (χ4v) is 3.92. The molecule has 0 aliphatic rings. The zero-order chi connectivity index (χ0) is 24.3. The number of anilines is 1. The maximum Gasteiger partial charge on any atom is 0.416 e. The van der Waals surface area contributed by atoms with Crippen LogP contribution >= 0.6 is 23.4 Å². The van der Waals surface area contributed by atoms with E-state index in [-0.39, 0.29) is 17.1 Å². The number of nitrogens with one attached hydrogen (secondary N) is 1. The summed E-state index contributed by atoms with van der Waals surface area (Å²) in [5.74, 6) is -0.369. The lowest BCUT2D eigenvalue weighted by molar-refractivity contribution is -0.137. The van der Waals surface area contributed by atoms with Crippen molar-refractivity contribution in [1.82, 2.24) is 25.0 Å². The van der Waals surface area contributed by atoms with Gasteiger partial charge in [0.1, 0.15) is 0 Å². The lowest BCUT2D eigenvalue weighted by Crippen LogP contribution is -2.15. The van der Waals surface area contributed by atoms with Gasteiger partial charge in [-0.2, -0.15) is 13.2 Å². The van der Waals surface area contributed by atoms with Crippen molar-refractivity contribution in [3.63, 3.8) is 0 Å². The van der Waals surface area contributed by atoms with Gasteiger partial charge in [0, 0.05) is 28.9 Å². The van der Waals surface area contributed by atoms with Crippen LogP contribution in [0.5, 0.6) is 0 Å². The number of carbonyl (C=O) groups is 1. The predicted octanol–water partition coefficient (Wildman–Crippen LogP) is 5.58. The monoisotopic (exact) mass is 504 g/mol. The van der Waals surface area contributed by atoms with Crippen molar-refractivity contribution in [2.24, 2.45) is 0 Å². The van der Waals surface area contributed by atoms with Gasteiger partial charge in [0.05, 0.1) is 16.9 Å². The van der Waals surface area contributed by atoms with Gasteiger partial charge in [0.15, 0.2) is 10.9 Å². The van der Waals surface area contributed by atoms with Gasteiger partial charge in [-0.15, -0.1) is 5.10 Å². The highest BCUT2D eigenvalue weighted by Crippen LogP contribution is 2.30. The summed E-state index contributed by atoms with van der Waals surface area (Å²) in [7, 11) is 0. The first-order chi connectivity index (χ1) is 16.2. The molecule has 0 unspecified atom stereocenters. The van der Waals surface area contributed by atoms with E-state index >= 15 is 0 Å². The maximum absolute atomic E-state index is 13.0. The third-order valence-electron chi connectivity index (χ3n) is 4.73. The summed E-state index contributed by atoms with van der Waals surface area (Å²) in [5, 5.41) is 11.7. The molecule has 0 spiro atoms. The highest BCUT2D eigenvalue weighted by molar-refractivity contribution is 7.98. The van der Waals surface area contributed by atoms with E-state index in [1.807, 2.05) is 13.0 Å². The van der Waals surface area contributed by atoms with E-state index in [2.05, 4.69) is 25.6 Å². The molecule has 2 heterocycles. The van der Waals surface area contributed by atoms with Gasteiger partial charge < -0.3 is 5.32 Å². The lowest BCUT2D eigenvalue weighted by Gasteiger charge is -2.10. The number of hydrogen-bond donors (Lipinski definition) is 1. The third kappa shape index (κ3) is 5.37. The number of halogens is 4. The lowest BCUT2D eigenvalue weighted by atomic mass is 10.2. The molecule has 7 nitrogen and oxygen atoms in total. The van der Waals surface area contributed by atoms with Crippen molar-refractivity contribution >= 4 is 35.0 Å². The van der Waals surface area contributed by atoms with Crippen LogP contribution in [0, 0.1) is 6.92 Å². The molecule has 0 aliphatic carbocycles. The van der Waals surface area contributed by atoms with Crippen molar-refractivity contribution in [3.8, 4) is 5.69 Å². The summed E-state index contributed by atoms with van der Waals surface area (Å²) in [4.78, 5) is 21.3. The summed E-state index contributed by atoms with van der Waals surface area (Å²) in [6.45, 7) is 1.86. The topological polar surface area (TPSA) is 85.6 Å². The number of aromatic nitrogens is 5. The number of thioether (sulfide) groups is 1. The molecule has 0 bridgehead atoms. The predicted molar refractivity (Wildman–Crippen MR) is 122 cm³/mol. The number of aryl methyl sites for hydroxylation is 1. The first-order valence-corrected chi connectivity index (χ1v) is 11.2. The van der Waals surface area contributed by atoms with Gasteiger partial charge >= 0.3 is 6.18 Å². The Bertz CT molecular complexity index is 1310. The molecule has 174 valence electrons. The smallest absolute Gasteiger partial charge is 0.321 e. The largest absolute Gasteiger partial charge is 0.416 e. The van der Waals surface area contributed by atoms with E-state index in [0.717, 1.165) is 17.7 Å². The van der Waals surface area contributed by atoms with Crippen molar-refractivity contribution in [1.29, 1.82) is 0 Å². The van der Waals surface area contributed by atoms with Gasteiger partial charge in [-0.1, -0.05) is 34.6 Å². The molecule has 0 aliphatic heterocycles. The Morgan fingerprint density at radius 1 is 1.12 bits per heavy atom. The minimum Gasteiger partial charge on any atom is -0.321 e. The molecular formula is C22H16ClF3N6OS. The van der Waals surface area contributed by atoms with Crippen molar-refractivity contribution < 1.29 is 18.0 Å². The second kappa shape index (κ2) is 9.82. The molecule has 2 aromatic heterocycles. The fourth-order valence-electron chi connectivity index (χ4n) is 2.95. The highest BCUT2D eigenvalue weighted by atomic mass is 35.5. The molecule has 0 saturated carbocycles. The van der Waals surface area contributed by atoms with Crippen LogP contribution in [-0.4, -0.2) is 30.9 Å². The highest BCUT2D eigenvalue weighted by Gasteiger charge is 2.30. The molecule has 4 aromatic rings. The first-order valence-electron chi connectivity index (χ1n) is 9.82. The zero-order valence-corrected chi connectivity index (χ0v) is 19.1. The fraction of sp³-hybridized carbons (Fsp3) is 0.136. The number of nitrogens with zero attached hydrogens (tertiary/aromatic N) is 5. The molecule has 34 heavy (non-hydrogen) atoms. The summed E-state index contributed by atoms with van der Waals surface area (Å²) in [5.41, 5.74) is 1.31. The number of carbonyl (C=O) groups excluding carboxylic acids is 1. The maximum atomic E-state index is 13.0. The Hall–Kier alpha value is -3.44. The van der Waals surface area contributed by atoms with Gasteiger partial charge in [-0.3, -0.25) is 4.79 Å². The molecule has 1 N–H and O–H groups in total. The van der Waals surface area contributed by atoms with Crippen molar-refractivity contribution in [2.75, 3.05) is 5.32 Å². The Morgan fingerprint density at radius 3 is 2.47 bits per heavy atom. The Kier molecular flexibility index (Phi) is 6.85. The van der Waals surface area contributed by atoms with Crippen molar-refractivity contribution in [2.45, 2.75) is 24.0 Å². The molecule has 0 radical (unpaired) electrons. The number of benzene rings is 2. The quantitative estimate of drug-likeness (QED) is 0.272. The second-order valence-corrected chi connectivity index (χ2v) is 8.43. The number of amides is 1. The van der Waals surface area contributed by atoms with Crippen LogP contribution in [0.4, 0.5) is 18.9 Å². The van der Waals surface area contributed by atoms with Gasteiger partial charge in [0.2, 0.25) is 0 Å². The number of rotatable bonds is 6.